The number of benzene rings is 1. The second kappa shape index (κ2) is 5.11. The molecule has 0 spiro atoms. The average Bonchev–Trinajstić information content (AvgIpc) is 2.33. The lowest BCUT2D eigenvalue weighted by atomic mass is 10.3. The molecule has 82 valence electrons. The van der Waals surface area contributed by atoms with Crippen molar-refractivity contribution >= 4 is 28.3 Å². The normalized spacial score (nSPS) is 9.88. The van der Waals surface area contributed by atoms with Crippen LogP contribution in [0.15, 0.2) is 36.7 Å². The molecule has 5 heteroatoms. The maximum Gasteiger partial charge on any atom is 0.321 e. The molecule has 2 aromatic rings. The summed E-state index contributed by atoms with van der Waals surface area (Å²) in [7, 11) is 1.87. The lowest BCUT2D eigenvalue weighted by Gasteiger charge is -2.04. The Morgan fingerprint density at radius 3 is 2.31 bits per heavy atom. The standard InChI is InChI=1S/C11H10IN3O/c1-13-9-2-4-10(5-3-9)16-11-14-6-8(12)7-15-11/h2-7,13H,1H3. The van der Waals surface area contributed by atoms with E-state index in [0.29, 0.717) is 6.01 Å². The fourth-order valence-electron chi connectivity index (χ4n) is 1.15. The highest BCUT2D eigenvalue weighted by Gasteiger charge is 1.99. The van der Waals surface area contributed by atoms with Crippen LogP contribution in [0.3, 0.4) is 0 Å². The van der Waals surface area contributed by atoms with Gasteiger partial charge in [0.25, 0.3) is 0 Å². The molecule has 16 heavy (non-hydrogen) atoms. The fraction of sp³-hybridized carbons (Fsp3) is 0.0909. The highest BCUT2D eigenvalue weighted by Crippen LogP contribution is 2.19. The second-order valence-corrected chi connectivity index (χ2v) is 4.31. The Bertz CT molecular complexity index is 456. The summed E-state index contributed by atoms with van der Waals surface area (Å²) >= 11 is 2.15. The van der Waals surface area contributed by atoms with Gasteiger partial charge in [0.1, 0.15) is 5.75 Å². The van der Waals surface area contributed by atoms with Crippen LogP contribution < -0.4 is 10.1 Å². The van der Waals surface area contributed by atoms with E-state index >= 15 is 0 Å². The quantitative estimate of drug-likeness (QED) is 0.881. The first-order chi connectivity index (χ1) is 7.78. The molecule has 0 aliphatic carbocycles. The van der Waals surface area contributed by atoms with E-state index in [-0.39, 0.29) is 0 Å². The highest BCUT2D eigenvalue weighted by molar-refractivity contribution is 14.1. The van der Waals surface area contributed by atoms with Gasteiger partial charge in [0, 0.05) is 28.7 Å². The molecule has 4 nitrogen and oxygen atoms in total. The Kier molecular flexibility index (Phi) is 3.55. The van der Waals surface area contributed by atoms with E-state index in [9.17, 15) is 0 Å². The van der Waals surface area contributed by atoms with E-state index < -0.39 is 0 Å². The maximum absolute atomic E-state index is 5.48. The topological polar surface area (TPSA) is 47.0 Å². The molecule has 0 fully saturated rings. The van der Waals surface area contributed by atoms with Crippen molar-refractivity contribution in [2.75, 3.05) is 12.4 Å². The fourth-order valence-corrected chi connectivity index (χ4v) is 1.43. The Morgan fingerprint density at radius 1 is 1.12 bits per heavy atom. The van der Waals surface area contributed by atoms with Gasteiger partial charge in [0.15, 0.2) is 0 Å². The molecule has 0 saturated heterocycles. The summed E-state index contributed by atoms with van der Waals surface area (Å²) in [6.45, 7) is 0. The summed E-state index contributed by atoms with van der Waals surface area (Å²) < 4.78 is 6.46. The van der Waals surface area contributed by atoms with E-state index in [1.54, 1.807) is 12.4 Å². The zero-order chi connectivity index (χ0) is 11.4. The van der Waals surface area contributed by atoms with Gasteiger partial charge in [-0.2, -0.15) is 0 Å². The van der Waals surface area contributed by atoms with Gasteiger partial charge in [0.05, 0.1) is 0 Å². The van der Waals surface area contributed by atoms with Crippen LogP contribution >= 0.6 is 22.6 Å². The number of aromatic nitrogens is 2. The summed E-state index contributed by atoms with van der Waals surface area (Å²) in [5, 5.41) is 3.04. The number of ether oxygens (including phenoxy) is 1. The number of anilines is 1. The first-order valence-corrected chi connectivity index (χ1v) is 5.79. The molecule has 0 saturated carbocycles. The van der Waals surface area contributed by atoms with Crippen molar-refractivity contribution in [3.8, 4) is 11.8 Å². The van der Waals surface area contributed by atoms with Crippen LogP contribution in [-0.2, 0) is 0 Å². The molecule has 2 rings (SSSR count). The predicted octanol–water partition coefficient (Wildman–Crippen LogP) is 2.92. The summed E-state index contributed by atoms with van der Waals surface area (Å²) in [4.78, 5) is 8.12. The SMILES string of the molecule is CNc1ccc(Oc2ncc(I)cn2)cc1. The van der Waals surface area contributed by atoms with Crippen molar-refractivity contribution in [3.05, 3.63) is 40.2 Å². The van der Waals surface area contributed by atoms with Gasteiger partial charge in [-0.05, 0) is 46.9 Å². The van der Waals surface area contributed by atoms with Crippen molar-refractivity contribution in [1.29, 1.82) is 0 Å². The van der Waals surface area contributed by atoms with Crippen molar-refractivity contribution < 1.29 is 4.74 Å². The molecule has 1 aromatic carbocycles. The van der Waals surface area contributed by atoms with Crippen LogP contribution in [0.25, 0.3) is 0 Å². The van der Waals surface area contributed by atoms with E-state index in [1.165, 1.54) is 0 Å². The molecule has 1 heterocycles. The zero-order valence-electron chi connectivity index (χ0n) is 8.64. The molecular formula is C11H10IN3O. The summed E-state index contributed by atoms with van der Waals surface area (Å²) in [5.41, 5.74) is 1.04. The number of rotatable bonds is 3. The van der Waals surface area contributed by atoms with Gasteiger partial charge < -0.3 is 10.1 Å². The summed E-state index contributed by atoms with van der Waals surface area (Å²) in [6, 6.07) is 7.96. The van der Waals surface area contributed by atoms with E-state index in [0.717, 1.165) is 15.0 Å². The average molecular weight is 327 g/mol. The van der Waals surface area contributed by atoms with Crippen molar-refractivity contribution in [1.82, 2.24) is 9.97 Å². The molecule has 0 bridgehead atoms. The van der Waals surface area contributed by atoms with E-state index in [2.05, 4.69) is 37.9 Å². The number of nitrogens with one attached hydrogen (secondary N) is 1. The number of halogens is 1. The third-order valence-corrected chi connectivity index (χ3v) is 2.51. The predicted molar refractivity (Wildman–Crippen MR) is 70.8 cm³/mol. The highest BCUT2D eigenvalue weighted by atomic mass is 127. The van der Waals surface area contributed by atoms with E-state index in [4.69, 9.17) is 4.74 Å². The first-order valence-electron chi connectivity index (χ1n) is 4.71. The lowest BCUT2D eigenvalue weighted by Crippen LogP contribution is -1.92. The Balaban J connectivity index is 2.11. The Hall–Kier alpha value is -1.37. The molecule has 0 radical (unpaired) electrons. The van der Waals surface area contributed by atoms with Gasteiger partial charge in [-0.3, -0.25) is 0 Å². The third-order valence-electron chi connectivity index (χ3n) is 1.95. The first kappa shape index (κ1) is 11.1. The minimum atomic E-state index is 0.359. The van der Waals surface area contributed by atoms with Crippen LogP contribution in [0.5, 0.6) is 11.8 Å². The smallest absolute Gasteiger partial charge is 0.321 e. The molecule has 1 aromatic heterocycles. The Labute approximate surface area is 107 Å². The minimum Gasteiger partial charge on any atom is -0.424 e. The van der Waals surface area contributed by atoms with Gasteiger partial charge in [-0.15, -0.1) is 0 Å². The van der Waals surface area contributed by atoms with Gasteiger partial charge >= 0.3 is 6.01 Å². The molecule has 0 unspecified atom stereocenters. The van der Waals surface area contributed by atoms with Crippen LogP contribution in [0.1, 0.15) is 0 Å². The number of hydrogen-bond donors (Lipinski definition) is 1. The van der Waals surface area contributed by atoms with Gasteiger partial charge in [0.2, 0.25) is 0 Å². The zero-order valence-corrected chi connectivity index (χ0v) is 10.8. The molecular weight excluding hydrogens is 317 g/mol. The molecule has 0 aliphatic heterocycles. The second-order valence-electron chi connectivity index (χ2n) is 3.06. The van der Waals surface area contributed by atoms with Crippen molar-refractivity contribution in [2.24, 2.45) is 0 Å². The molecule has 0 aliphatic rings. The van der Waals surface area contributed by atoms with Crippen LogP contribution in [0.2, 0.25) is 0 Å². The molecule has 1 N–H and O–H groups in total. The van der Waals surface area contributed by atoms with Crippen LogP contribution in [-0.4, -0.2) is 17.0 Å². The van der Waals surface area contributed by atoms with E-state index in [1.807, 2.05) is 31.3 Å². The Morgan fingerprint density at radius 2 is 1.75 bits per heavy atom. The maximum atomic E-state index is 5.48. The van der Waals surface area contributed by atoms with Crippen molar-refractivity contribution in [2.45, 2.75) is 0 Å². The summed E-state index contributed by atoms with van der Waals surface area (Å²) in [5.74, 6) is 0.722. The summed E-state index contributed by atoms with van der Waals surface area (Å²) in [6.07, 6.45) is 3.43. The number of nitrogens with zero attached hydrogens (tertiary/aromatic N) is 2. The molecule has 0 atom stereocenters. The van der Waals surface area contributed by atoms with Crippen LogP contribution in [0, 0.1) is 3.57 Å². The minimum absolute atomic E-state index is 0.359. The largest absolute Gasteiger partial charge is 0.424 e. The van der Waals surface area contributed by atoms with Gasteiger partial charge in [-0.1, -0.05) is 0 Å². The molecule has 0 amide bonds. The number of hydrogen-bond acceptors (Lipinski definition) is 4. The third kappa shape index (κ3) is 2.82. The lowest BCUT2D eigenvalue weighted by molar-refractivity contribution is 0.441. The van der Waals surface area contributed by atoms with Crippen LogP contribution in [0.4, 0.5) is 5.69 Å². The van der Waals surface area contributed by atoms with Crippen molar-refractivity contribution in [3.63, 3.8) is 0 Å². The van der Waals surface area contributed by atoms with Gasteiger partial charge in [-0.25, -0.2) is 9.97 Å². The monoisotopic (exact) mass is 327 g/mol.